The molecule has 1 fully saturated rings. The first kappa shape index (κ1) is 15.7. The van der Waals surface area contributed by atoms with Crippen LogP contribution in [0.1, 0.15) is 36.1 Å². The Balaban J connectivity index is 1.57. The quantitative estimate of drug-likeness (QED) is 0.877. The minimum absolute atomic E-state index is 0.00656. The summed E-state index contributed by atoms with van der Waals surface area (Å²) < 4.78 is 1.75. The van der Waals surface area contributed by atoms with Gasteiger partial charge in [-0.15, -0.1) is 0 Å². The van der Waals surface area contributed by atoms with Crippen molar-refractivity contribution in [2.75, 3.05) is 25.0 Å². The molecule has 0 radical (unpaired) electrons. The molecule has 8 heteroatoms. The summed E-state index contributed by atoms with van der Waals surface area (Å²) in [4.78, 5) is 18.9. The number of H-pyrrole nitrogens is 1. The number of aromatic nitrogens is 5. The Kier molecular flexibility index (Phi) is 4.42. The molecule has 23 heavy (non-hydrogen) atoms. The summed E-state index contributed by atoms with van der Waals surface area (Å²) in [5, 5.41) is 14.2. The molecular formula is C15H23N7O. The summed E-state index contributed by atoms with van der Waals surface area (Å²) in [5.41, 5.74) is 1.72. The van der Waals surface area contributed by atoms with E-state index < -0.39 is 0 Å². The molecule has 0 spiro atoms. The third-order valence-electron chi connectivity index (χ3n) is 4.36. The molecule has 3 rings (SSSR count). The van der Waals surface area contributed by atoms with Gasteiger partial charge in [-0.25, -0.2) is 4.98 Å². The van der Waals surface area contributed by atoms with Crippen LogP contribution in [0.3, 0.4) is 0 Å². The number of amides is 1. The number of carbonyl (C=O) groups is 1. The van der Waals surface area contributed by atoms with Gasteiger partial charge in [0.05, 0.1) is 24.1 Å². The number of likely N-dealkylation sites (tertiary alicyclic amines) is 1. The van der Waals surface area contributed by atoms with E-state index in [1.807, 2.05) is 20.9 Å². The van der Waals surface area contributed by atoms with Crippen LogP contribution in [0, 0.1) is 13.8 Å². The van der Waals surface area contributed by atoms with Crippen LogP contribution in [0.2, 0.25) is 0 Å². The first-order chi connectivity index (χ1) is 11.0. The van der Waals surface area contributed by atoms with E-state index in [1.165, 1.54) is 0 Å². The van der Waals surface area contributed by atoms with Crippen molar-refractivity contribution in [2.45, 2.75) is 32.6 Å². The van der Waals surface area contributed by atoms with Crippen molar-refractivity contribution in [1.29, 1.82) is 0 Å². The second kappa shape index (κ2) is 6.49. The molecule has 1 aliphatic rings. The van der Waals surface area contributed by atoms with Crippen molar-refractivity contribution in [3.8, 4) is 0 Å². The standard InChI is InChI=1S/C15H23N7O/c1-10-13(7-16-21(10)3)18-14(23)9-22-6-4-5-12(8-22)15-17-11(2)19-20-15/h7,12H,4-6,8-9H2,1-3H3,(H,18,23)(H,17,19,20)/t12-/m1/s1. The third-order valence-corrected chi connectivity index (χ3v) is 4.36. The lowest BCUT2D eigenvalue weighted by Gasteiger charge is -2.30. The monoisotopic (exact) mass is 317 g/mol. The molecule has 2 aromatic rings. The molecule has 0 unspecified atom stereocenters. The molecule has 0 aromatic carbocycles. The van der Waals surface area contributed by atoms with E-state index in [1.54, 1.807) is 10.9 Å². The highest BCUT2D eigenvalue weighted by atomic mass is 16.2. The SMILES string of the molecule is Cc1nc([C@@H]2CCCN(CC(=O)Nc3cnn(C)c3C)C2)n[nH]1. The number of aromatic amines is 1. The molecule has 124 valence electrons. The van der Waals surface area contributed by atoms with Gasteiger partial charge in [-0.05, 0) is 33.2 Å². The van der Waals surface area contributed by atoms with Gasteiger partial charge >= 0.3 is 0 Å². The largest absolute Gasteiger partial charge is 0.322 e. The molecule has 0 saturated carbocycles. The zero-order valence-corrected chi connectivity index (χ0v) is 13.8. The Morgan fingerprint density at radius 3 is 2.96 bits per heavy atom. The van der Waals surface area contributed by atoms with Gasteiger partial charge in [-0.2, -0.15) is 10.2 Å². The van der Waals surface area contributed by atoms with E-state index in [0.29, 0.717) is 12.5 Å². The average molecular weight is 317 g/mol. The van der Waals surface area contributed by atoms with E-state index >= 15 is 0 Å². The molecule has 1 saturated heterocycles. The Labute approximate surface area is 135 Å². The number of nitrogens with one attached hydrogen (secondary N) is 2. The fourth-order valence-corrected chi connectivity index (χ4v) is 2.97. The van der Waals surface area contributed by atoms with Crippen LogP contribution in [0.25, 0.3) is 0 Å². The maximum absolute atomic E-state index is 12.3. The van der Waals surface area contributed by atoms with E-state index in [2.05, 4.69) is 30.5 Å². The predicted molar refractivity (Wildman–Crippen MR) is 86.1 cm³/mol. The van der Waals surface area contributed by atoms with Crippen LogP contribution in [-0.2, 0) is 11.8 Å². The molecule has 0 aliphatic carbocycles. The summed E-state index contributed by atoms with van der Waals surface area (Å²) >= 11 is 0. The van der Waals surface area contributed by atoms with Crippen molar-refractivity contribution in [2.24, 2.45) is 7.05 Å². The zero-order valence-electron chi connectivity index (χ0n) is 13.8. The summed E-state index contributed by atoms with van der Waals surface area (Å²) in [6.45, 7) is 5.97. The van der Waals surface area contributed by atoms with Crippen LogP contribution in [0.5, 0.6) is 0 Å². The lowest BCUT2D eigenvalue weighted by molar-refractivity contribution is -0.117. The molecule has 1 amide bonds. The van der Waals surface area contributed by atoms with Gasteiger partial charge < -0.3 is 5.32 Å². The number of nitrogens with zero attached hydrogens (tertiary/aromatic N) is 5. The van der Waals surface area contributed by atoms with E-state index in [4.69, 9.17) is 0 Å². The van der Waals surface area contributed by atoms with Crippen LogP contribution < -0.4 is 5.32 Å². The second-order valence-electron chi connectivity index (χ2n) is 6.17. The zero-order chi connectivity index (χ0) is 16.4. The maximum atomic E-state index is 12.3. The van der Waals surface area contributed by atoms with E-state index in [9.17, 15) is 4.79 Å². The average Bonchev–Trinajstić information content (AvgIpc) is 3.09. The Hall–Kier alpha value is -2.22. The fourth-order valence-electron chi connectivity index (χ4n) is 2.97. The normalized spacial score (nSPS) is 19.0. The lowest BCUT2D eigenvalue weighted by Crippen LogP contribution is -2.40. The summed E-state index contributed by atoms with van der Waals surface area (Å²) in [5.74, 6) is 1.98. The van der Waals surface area contributed by atoms with Gasteiger partial charge in [0.1, 0.15) is 5.82 Å². The third kappa shape index (κ3) is 3.58. The summed E-state index contributed by atoms with van der Waals surface area (Å²) in [7, 11) is 1.86. The molecule has 2 N–H and O–H groups in total. The highest BCUT2D eigenvalue weighted by Gasteiger charge is 2.25. The minimum atomic E-state index is -0.00656. The molecule has 1 aliphatic heterocycles. The number of hydrogen-bond acceptors (Lipinski definition) is 5. The Morgan fingerprint density at radius 2 is 2.30 bits per heavy atom. The van der Waals surface area contributed by atoms with Crippen LogP contribution in [0.4, 0.5) is 5.69 Å². The minimum Gasteiger partial charge on any atom is -0.322 e. The van der Waals surface area contributed by atoms with Crippen molar-refractivity contribution in [3.63, 3.8) is 0 Å². The first-order valence-electron chi connectivity index (χ1n) is 7.92. The van der Waals surface area contributed by atoms with E-state index in [0.717, 1.165) is 49.0 Å². The molecule has 8 nitrogen and oxygen atoms in total. The van der Waals surface area contributed by atoms with Gasteiger partial charge in [-0.1, -0.05) is 0 Å². The summed E-state index contributed by atoms with van der Waals surface area (Å²) in [6.07, 6.45) is 3.80. The highest BCUT2D eigenvalue weighted by molar-refractivity contribution is 5.92. The first-order valence-corrected chi connectivity index (χ1v) is 7.92. The number of aryl methyl sites for hydroxylation is 2. The molecule has 0 bridgehead atoms. The fraction of sp³-hybridized carbons (Fsp3) is 0.600. The molecule has 2 aromatic heterocycles. The maximum Gasteiger partial charge on any atom is 0.238 e. The van der Waals surface area contributed by atoms with E-state index in [-0.39, 0.29) is 5.91 Å². The van der Waals surface area contributed by atoms with Crippen molar-refractivity contribution in [1.82, 2.24) is 29.9 Å². The molecular weight excluding hydrogens is 294 g/mol. The Bertz CT molecular complexity index is 690. The highest BCUT2D eigenvalue weighted by Crippen LogP contribution is 2.24. The van der Waals surface area contributed by atoms with Crippen LogP contribution >= 0.6 is 0 Å². The number of anilines is 1. The van der Waals surface area contributed by atoms with Gasteiger partial charge in [-0.3, -0.25) is 19.5 Å². The number of piperidine rings is 1. The van der Waals surface area contributed by atoms with Crippen molar-refractivity contribution in [3.05, 3.63) is 23.5 Å². The molecule has 3 heterocycles. The van der Waals surface area contributed by atoms with Crippen LogP contribution in [0.15, 0.2) is 6.20 Å². The lowest BCUT2D eigenvalue weighted by atomic mass is 9.97. The second-order valence-corrected chi connectivity index (χ2v) is 6.17. The predicted octanol–water partition coefficient (Wildman–Crippen LogP) is 0.973. The number of hydrogen-bond donors (Lipinski definition) is 2. The van der Waals surface area contributed by atoms with Gasteiger partial charge in [0.25, 0.3) is 0 Å². The van der Waals surface area contributed by atoms with Crippen molar-refractivity contribution >= 4 is 11.6 Å². The topological polar surface area (TPSA) is 91.7 Å². The summed E-state index contributed by atoms with van der Waals surface area (Å²) in [6, 6.07) is 0. The molecule has 1 atom stereocenters. The van der Waals surface area contributed by atoms with Crippen LogP contribution in [-0.4, -0.2) is 55.4 Å². The smallest absolute Gasteiger partial charge is 0.238 e. The van der Waals surface area contributed by atoms with Gasteiger partial charge in [0.15, 0.2) is 5.82 Å². The number of rotatable bonds is 4. The van der Waals surface area contributed by atoms with Gasteiger partial charge in [0, 0.05) is 19.5 Å². The van der Waals surface area contributed by atoms with Gasteiger partial charge in [0.2, 0.25) is 5.91 Å². The Morgan fingerprint density at radius 1 is 1.48 bits per heavy atom. The van der Waals surface area contributed by atoms with Crippen molar-refractivity contribution < 1.29 is 4.79 Å². The number of carbonyl (C=O) groups excluding carboxylic acids is 1.